The molecule has 6 heteroatoms. The van der Waals surface area contributed by atoms with Gasteiger partial charge in [-0.05, 0) is 42.3 Å². The summed E-state index contributed by atoms with van der Waals surface area (Å²) in [6.07, 6.45) is 0.687. The fourth-order valence-electron chi connectivity index (χ4n) is 2.16. The van der Waals surface area contributed by atoms with Gasteiger partial charge in [-0.1, -0.05) is 18.2 Å². The zero-order chi connectivity index (χ0) is 17.4. The molecule has 0 aliphatic rings. The molecule has 0 atom stereocenters. The Hall–Kier alpha value is -2.89. The lowest BCUT2D eigenvalue weighted by Crippen LogP contribution is -2.30. The number of rotatable bonds is 7. The molecule has 2 rings (SSSR count). The molecule has 2 aromatic carbocycles. The van der Waals surface area contributed by atoms with Gasteiger partial charge in [0.25, 0.3) is 5.91 Å². The smallest absolute Gasteiger partial charge is 0.251 e. The fraction of sp³-hybridized carbons (Fsp3) is 0.222. The minimum absolute atomic E-state index is 0.0345. The maximum atomic E-state index is 13.0. The van der Waals surface area contributed by atoms with Crippen molar-refractivity contribution in [3.05, 3.63) is 65.5 Å². The average Bonchev–Trinajstić information content (AvgIpc) is 2.54. The summed E-state index contributed by atoms with van der Waals surface area (Å²) in [6, 6.07) is 12.0. The molecule has 0 saturated carbocycles. The third-order valence-corrected chi connectivity index (χ3v) is 3.32. The number of carbonyl (C=O) groups is 2. The van der Waals surface area contributed by atoms with Crippen molar-refractivity contribution in [3.63, 3.8) is 0 Å². The largest absolute Gasteiger partial charge is 0.508 e. The predicted molar refractivity (Wildman–Crippen MR) is 88.2 cm³/mol. The van der Waals surface area contributed by atoms with Crippen LogP contribution in [0.25, 0.3) is 0 Å². The molecule has 0 radical (unpaired) electrons. The van der Waals surface area contributed by atoms with Crippen LogP contribution in [0.3, 0.4) is 0 Å². The first-order valence-electron chi connectivity index (χ1n) is 7.63. The van der Waals surface area contributed by atoms with Crippen molar-refractivity contribution < 1.29 is 19.1 Å². The monoisotopic (exact) mass is 330 g/mol. The van der Waals surface area contributed by atoms with Gasteiger partial charge in [0.15, 0.2) is 0 Å². The van der Waals surface area contributed by atoms with Crippen LogP contribution >= 0.6 is 0 Å². The van der Waals surface area contributed by atoms with Crippen LogP contribution in [0.15, 0.2) is 48.5 Å². The highest BCUT2D eigenvalue weighted by Gasteiger charge is 2.06. The third-order valence-electron chi connectivity index (χ3n) is 3.32. The Bertz CT molecular complexity index is 719. The summed E-state index contributed by atoms with van der Waals surface area (Å²) < 4.78 is 13.0. The highest BCUT2D eigenvalue weighted by atomic mass is 19.1. The number of aromatic hydroxyl groups is 1. The van der Waals surface area contributed by atoms with Crippen molar-refractivity contribution in [1.29, 1.82) is 0 Å². The zero-order valence-corrected chi connectivity index (χ0v) is 13.1. The number of halogens is 1. The Balaban J connectivity index is 1.64. The molecule has 0 spiro atoms. The summed E-state index contributed by atoms with van der Waals surface area (Å²) in [6.45, 7) is 0.809. The van der Waals surface area contributed by atoms with Gasteiger partial charge in [-0.3, -0.25) is 9.59 Å². The number of nitrogens with one attached hydrogen (secondary N) is 2. The molecule has 126 valence electrons. The van der Waals surface area contributed by atoms with Crippen molar-refractivity contribution >= 4 is 11.8 Å². The maximum absolute atomic E-state index is 13.0. The van der Waals surface area contributed by atoms with E-state index in [0.29, 0.717) is 30.6 Å². The van der Waals surface area contributed by atoms with Gasteiger partial charge >= 0.3 is 0 Å². The molecule has 0 aliphatic heterocycles. The topological polar surface area (TPSA) is 78.4 Å². The second-order valence-corrected chi connectivity index (χ2v) is 5.32. The first-order valence-corrected chi connectivity index (χ1v) is 7.63. The van der Waals surface area contributed by atoms with Gasteiger partial charge in [0.1, 0.15) is 11.6 Å². The minimum Gasteiger partial charge on any atom is -0.508 e. The van der Waals surface area contributed by atoms with E-state index in [4.69, 9.17) is 0 Å². The van der Waals surface area contributed by atoms with E-state index in [9.17, 15) is 19.1 Å². The molecule has 0 unspecified atom stereocenters. The third kappa shape index (κ3) is 5.72. The number of carbonyl (C=O) groups excluding carboxylic acids is 2. The van der Waals surface area contributed by atoms with Crippen LogP contribution in [0.5, 0.6) is 5.75 Å². The molecule has 0 aromatic heterocycles. The van der Waals surface area contributed by atoms with Gasteiger partial charge < -0.3 is 15.7 Å². The average molecular weight is 330 g/mol. The lowest BCUT2D eigenvalue weighted by atomic mass is 10.1. The second-order valence-electron chi connectivity index (χ2n) is 5.32. The summed E-state index contributed by atoms with van der Waals surface area (Å²) in [5.41, 5.74) is 0.995. The lowest BCUT2D eigenvalue weighted by Gasteiger charge is -2.07. The van der Waals surface area contributed by atoms with Gasteiger partial charge in [-0.25, -0.2) is 4.39 Å². The highest BCUT2D eigenvalue weighted by Crippen LogP contribution is 2.10. The van der Waals surface area contributed by atoms with Crippen molar-refractivity contribution in [2.75, 3.05) is 13.1 Å². The lowest BCUT2D eigenvalue weighted by molar-refractivity contribution is -0.120. The summed E-state index contributed by atoms with van der Waals surface area (Å²) in [7, 11) is 0. The molecule has 0 bridgehead atoms. The Labute approximate surface area is 139 Å². The van der Waals surface area contributed by atoms with Crippen LogP contribution in [0, 0.1) is 5.82 Å². The van der Waals surface area contributed by atoms with E-state index < -0.39 is 0 Å². The second kappa shape index (κ2) is 8.67. The van der Waals surface area contributed by atoms with Crippen LogP contribution < -0.4 is 10.6 Å². The van der Waals surface area contributed by atoms with E-state index in [2.05, 4.69) is 10.6 Å². The molecule has 3 N–H and O–H groups in total. The highest BCUT2D eigenvalue weighted by molar-refractivity contribution is 5.94. The maximum Gasteiger partial charge on any atom is 0.251 e. The summed E-state index contributed by atoms with van der Waals surface area (Å²) in [4.78, 5) is 23.6. The molecule has 0 fully saturated rings. The Kier molecular flexibility index (Phi) is 6.31. The normalized spacial score (nSPS) is 10.2. The summed E-state index contributed by atoms with van der Waals surface area (Å²) in [5.74, 6) is -0.806. The van der Waals surface area contributed by atoms with Crippen LogP contribution in [-0.2, 0) is 11.2 Å². The quantitative estimate of drug-likeness (QED) is 0.680. The van der Waals surface area contributed by atoms with E-state index in [1.54, 1.807) is 24.3 Å². The van der Waals surface area contributed by atoms with Crippen molar-refractivity contribution in [3.8, 4) is 5.75 Å². The standard InChI is InChI=1S/C18H19FN2O3/c19-15-6-1-4-13(10-15)11-17(23)20-8-3-9-21-18(24)14-5-2-7-16(22)12-14/h1-2,4-7,10,12,22H,3,8-9,11H2,(H,20,23)(H,21,24). The number of hydrogen-bond donors (Lipinski definition) is 3. The SMILES string of the molecule is O=C(Cc1cccc(F)c1)NCCCNC(=O)c1cccc(O)c1. The molecule has 24 heavy (non-hydrogen) atoms. The Morgan fingerprint density at radius 1 is 1.00 bits per heavy atom. The molecular weight excluding hydrogens is 311 g/mol. The predicted octanol–water partition coefficient (Wildman–Crippen LogP) is 2.01. The van der Waals surface area contributed by atoms with Gasteiger partial charge in [-0.2, -0.15) is 0 Å². The van der Waals surface area contributed by atoms with Crippen LogP contribution in [0.2, 0.25) is 0 Å². The van der Waals surface area contributed by atoms with Crippen LogP contribution in [0.4, 0.5) is 4.39 Å². The minimum atomic E-state index is -0.366. The van der Waals surface area contributed by atoms with Crippen LogP contribution in [0.1, 0.15) is 22.3 Å². The summed E-state index contributed by atoms with van der Waals surface area (Å²) >= 11 is 0. The van der Waals surface area contributed by atoms with Crippen molar-refractivity contribution in [1.82, 2.24) is 10.6 Å². The van der Waals surface area contributed by atoms with E-state index >= 15 is 0 Å². The molecule has 5 nitrogen and oxygen atoms in total. The summed E-state index contributed by atoms with van der Waals surface area (Å²) in [5, 5.41) is 14.7. The van der Waals surface area contributed by atoms with Gasteiger partial charge in [0, 0.05) is 18.7 Å². The molecule has 2 aromatic rings. The molecule has 0 aliphatic carbocycles. The molecule has 0 saturated heterocycles. The molecule has 0 heterocycles. The number of benzene rings is 2. The first kappa shape index (κ1) is 17.5. The first-order chi connectivity index (χ1) is 11.5. The van der Waals surface area contributed by atoms with Gasteiger partial charge in [0.05, 0.1) is 6.42 Å². The van der Waals surface area contributed by atoms with Crippen molar-refractivity contribution in [2.24, 2.45) is 0 Å². The van der Waals surface area contributed by atoms with Crippen LogP contribution in [-0.4, -0.2) is 30.0 Å². The van der Waals surface area contributed by atoms with Crippen molar-refractivity contribution in [2.45, 2.75) is 12.8 Å². The fourth-order valence-corrected chi connectivity index (χ4v) is 2.16. The number of amides is 2. The van der Waals surface area contributed by atoms with E-state index in [0.717, 1.165) is 0 Å². The van der Waals surface area contributed by atoms with E-state index in [-0.39, 0.29) is 29.8 Å². The number of phenolic OH excluding ortho intramolecular Hbond substituents is 1. The van der Waals surface area contributed by atoms with E-state index in [1.165, 1.54) is 24.3 Å². The number of hydrogen-bond acceptors (Lipinski definition) is 3. The Morgan fingerprint density at radius 3 is 2.50 bits per heavy atom. The Morgan fingerprint density at radius 2 is 1.75 bits per heavy atom. The zero-order valence-electron chi connectivity index (χ0n) is 13.1. The number of phenols is 1. The van der Waals surface area contributed by atoms with E-state index in [1.807, 2.05) is 0 Å². The van der Waals surface area contributed by atoms with Gasteiger partial charge in [-0.15, -0.1) is 0 Å². The molecule has 2 amide bonds. The molecular formula is C18H19FN2O3. The van der Waals surface area contributed by atoms with Gasteiger partial charge in [0.2, 0.25) is 5.91 Å².